The minimum absolute atomic E-state index is 0.00127. The topological polar surface area (TPSA) is 41.5 Å². The zero-order valence-electron chi connectivity index (χ0n) is 17.0. The van der Waals surface area contributed by atoms with E-state index >= 15 is 0 Å². The van der Waals surface area contributed by atoms with Gasteiger partial charge in [-0.3, -0.25) is 4.79 Å². The van der Waals surface area contributed by atoms with Gasteiger partial charge in [0.25, 0.3) is 0 Å². The minimum Gasteiger partial charge on any atom is -0.273 e. The molecule has 1 rings (SSSR count). The normalized spacial score (nSPS) is 11.2. The van der Waals surface area contributed by atoms with E-state index in [-0.39, 0.29) is 5.91 Å². The van der Waals surface area contributed by atoms with Gasteiger partial charge in [-0.15, -0.1) is 0 Å². The van der Waals surface area contributed by atoms with E-state index in [1.165, 1.54) is 70.6 Å². The summed E-state index contributed by atoms with van der Waals surface area (Å²) in [6.07, 6.45) is 19.4. The van der Waals surface area contributed by atoms with E-state index < -0.39 is 0 Å². The second-order valence-corrected chi connectivity index (χ2v) is 8.16. The number of carbonyl (C=O) groups is 1. The summed E-state index contributed by atoms with van der Waals surface area (Å²) >= 11 is 3.46. The number of nitrogens with zero attached hydrogens (tertiary/aromatic N) is 1. The molecule has 0 aliphatic carbocycles. The highest BCUT2D eigenvalue weighted by Gasteiger charge is 2.00. The number of hydrogen-bond donors (Lipinski definition) is 1. The number of amides is 1. The van der Waals surface area contributed by atoms with Crippen LogP contribution in [0.1, 0.15) is 102 Å². The number of unbranched alkanes of at least 4 members (excludes halogenated alkanes) is 12. The van der Waals surface area contributed by atoms with Crippen molar-refractivity contribution in [2.75, 3.05) is 0 Å². The first-order chi connectivity index (χ1) is 13.2. The summed E-state index contributed by atoms with van der Waals surface area (Å²) in [5, 5.41) is 4.03. The number of hydrogen-bond acceptors (Lipinski definition) is 2. The molecule has 1 N–H and O–H groups in total. The number of rotatable bonds is 16. The van der Waals surface area contributed by atoms with Gasteiger partial charge in [-0.2, -0.15) is 5.10 Å². The number of halogens is 1. The Bertz CT molecular complexity index is 531. The first-order valence-electron chi connectivity index (χ1n) is 10.8. The molecule has 3 nitrogen and oxygen atoms in total. The van der Waals surface area contributed by atoms with Crippen molar-refractivity contribution in [1.82, 2.24) is 5.43 Å². The molecule has 0 saturated heterocycles. The van der Waals surface area contributed by atoms with E-state index in [1.54, 1.807) is 6.21 Å². The highest BCUT2D eigenvalue weighted by Crippen LogP contribution is 2.14. The van der Waals surface area contributed by atoms with Gasteiger partial charge in [0.05, 0.1) is 6.21 Å². The zero-order valence-corrected chi connectivity index (χ0v) is 18.6. The Morgan fingerprint density at radius 3 is 1.96 bits per heavy atom. The number of nitrogens with one attached hydrogen (secondary N) is 1. The third kappa shape index (κ3) is 13.6. The summed E-state index contributed by atoms with van der Waals surface area (Å²) in [6.45, 7) is 2.27. The van der Waals surface area contributed by atoms with Crippen molar-refractivity contribution in [2.24, 2.45) is 5.10 Å². The maximum Gasteiger partial charge on any atom is 0.240 e. The van der Waals surface area contributed by atoms with Crippen LogP contribution >= 0.6 is 15.9 Å². The average Bonchev–Trinajstić information content (AvgIpc) is 2.67. The van der Waals surface area contributed by atoms with Gasteiger partial charge < -0.3 is 0 Å². The lowest BCUT2D eigenvalue weighted by Crippen LogP contribution is -2.16. The van der Waals surface area contributed by atoms with Crippen LogP contribution in [0.25, 0.3) is 0 Å². The van der Waals surface area contributed by atoms with E-state index in [9.17, 15) is 4.79 Å². The first-order valence-corrected chi connectivity index (χ1v) is 11.6. The fourth-order valence-corrected chi connectivity index (χ4v) is 3.50. The smallest absolute Gasteiger partial charge is 0.240 e. The van der Waals surface area contributed by atoms with Crippen LogP contribution in [-0.4, -0.2) is 12.1 Å². The van der Waals surface area contributed by atoms with Crippen molar-refractivity contribution in [3.8, 4) is 0 Å². The molecule has 0 aromatic heterocycles. The Kier molecular flexibility index (Phi) is 15.0. The largest absolute Gasteiger partial charge is 0.273 e. The quantitative estimate of drug-likeness (QED) is 0.164. The summed E-state index contributed by atoms with van der Waals surface area (Å²) in [4.78, 5) is 11.8. The van der Waals surface area contributed by atoms with Crippen LogP contribution < -0.4 is 5.43 Å². The second kappa shape index (κ2) is 17.0. The molecule has 0 unspecified atom stereocenters. The molecule has 0 atom stereocenters. The molecule has 27 heavy (non-hydrogen) atoms. The molecule has 0 radical (unpaired) electrons. The molecule has 1 aromatic rings. The van der Waals surface area contributed by atoms with E-state index in [0.717, 1.165) is 22.9 Å². The third-order valence-corrected chi connectivity index (χ3v) is 5.53. The van der Waals surface area contributed by atoms with Crippen molar-refractivity contribution in [2.45, 2.75) is 96.8 Å². The van der Waals surface area contributed by atoms with Crippen molar-refractivity contribution < 1.29 is 4.79 Å². The maximum absolute atomic E-state index is 11.8. The SMILES string of the molecule is CCCCCCCCCCCCCCCC(=O)N/N=C/c1ccccc1Br. The zero-order chi connectivity index (χ0) is 19.6. The van der Waals surface area contributed by atoms with Gasteiger partial charge in [-0.05, 0) is 12.5 Å². The van der Waals surface area contributed by atoms with Crippen LogP contribution in [0.15, 0.2) is 33.8 Å². The molecule has 1 aromatic carbocycles. The first kappa shape index (κ1) is 23.9. The van der Waals surface area contributed by atoms with Gasteiger partial charge in [0.1, 0.15) is 0 Å². The van der Waals surface area contributed by atoms with Gasteiger partial charge in [-0.25, -0.2) is 5.43 Å². The monoisotopic (exact) mass is 436 g/mol. The van der Waals surface area contributed by atoms with Crippen molar-refractivity contribution in [3.63, 3.8) is 0 Å². The molecule has 1 amide bonds. The van der Waals surface area contributed by atoms with Crippen LogP contribution in [-0.2, 0) is 4.79 Å². The molecule has 152 valence electrons. The summed E-state index contributed by atoms with van der Waals surface area (Å²) in [6, 6.07) is 7.80. The molecule has 0 heterocycles. The molecular formula is C23H37BrN2O. The number of carbonyl (C=O) groups excluding carboxylic acids is 1. The van der Waals surface area contributed by atoms with Crippen LogP contribution in [0.2, 0.25) is 0 Å². The highest BCUT2D eigenvalue weighted by molar-refractivity contribution is 9.10. The molecular weight excluding hydrogens is 400 g/mol. The van der Waals surface area contributed by atoms with Crippen molar-refractivity contribution in [3.05, 3.63) is 34.3 Å². The van der Waals surface area contributed by atoms with Crippen molar-refractivity contribution >= 4 is 28.1 Å². The van der Waals surface area contributed by atoms with Gasteiger partial charge in [0, 0.05) is 16.5 Å². The molecule has 0 bridgehead atoms. The lowest BCUT2D eigenvalue weighted by molar-refractivity contribution is -0.121. The van der Waals surface area contributed by atoms with Gasteiger partial charge in [0.2, 0.25) is 5.91 Å². The Labute approximate surface area is 174 Å². The lowest BCUT2D eigenvalue weighted by atomic mass is 10.0. The minimum atomic E-state index is 0.00127. The summed E-state index contributed by atoms with van der Waals surface area (Å²) in [7, 11) is 0. The molecule has 4 heteroatoms. The maximum atomic E-state index is 11.8. The van der Waals surface area contributed by atoms with E-state index in [4.69, 9.17) is 0 Å². The molecule has 0 saturated carbocycles. The fourth-order valence-electron chi connectivity index (χ4n) is 3.11. The standard InChI is InChI=1S/C23H37BrN2O/c1-2-3-4-5-6-7-8-9-10-11-12-13-14-19-23(27)26-25-20-21-17-15-16-18-22(21)24/h15-18,20H,2-14,19H2,1H3,(H,26,27)/b25-20+. The van der Waals surface area contributed by atoms with Gasteiger partial charge in [0.15, 0.2) is 0 Å². The lowest BCUT2D eigenvalue weighted by Gasteiger charge is -2.03. The summed E-state index contributed by atoms with van der Waals surface area (Å²) in [5.74, 6) is 0.00127. The molecule has 0 aliphatic heterocycles. The molecule has 0 fully saturated rings. The predicted octanol–water partition coefficient (Wildman–Crippen LogP) is 7.38. The number of hydrazone groups is 1. The third-order valence-electron chi connectivity index (χ3n) is 4.81. The Morgan fingerprint density at radius 2 is 1.41 bits per heavy atom. The van der Waals surface area contributed by atoms with E-state index in [1.807, 2.05) is 24.3 Å². The van der Waals surface area contributed by atoms with Gasteiger partial charge in [-0.1, -0.05) is 118 Å². The van der Waals surface area contributed by atoms with Crippen LogP contribution in [0.4, 0.5) is 0 Å². The van der Waals surface area contributed by atoms with E-state index in [0.29, 0.717) is 6.42 Å². The van der Waals surface area contributed by atoms with Crippen LogP contribution in [0.5, 0.6) is 0 Å². The summed E-state index contributed by atoms with van der Waals surface area (Å²) in [5.41, 5.74) is 3.57. The van der Waals surface area contributed by atoms with Crippen LogP contribution in [0.3, 0.4) is 0 Å². The fraction of sp³-hybridized carbons (Fsp3) is 0.652. The Hall–Kier alpha value is -1.16. The van der Waals surface area contributed by atoms with Crippen LogP contribution in [0, 0.1) is 0 Å². The van der Waals surface area contributed by atoms with Crippen molar-refractivity contribution in [1.29, 1.82) is 0 Å². The number of benzene rings is 1. The Balaban J connectivity index is 1.89. The predicted molar refractivity (Wildman–Crippen MR) is 120 cm³/mol. The second-order valence-electron chi connectivity index (χ2n) is 7.31. The summed E-state index contributed by atoms with van der Waals surface area (Å²) < 4.78 is 0.972. The molecule has 0 spiro atoms. The molecule has 0 aliphatic rings. The van der Waals surface area contributed by atoms with E-state index in [2.05, 4.69) is 33.4 Å². The van der Waals surface area contributed by atoms with Gasteiger partial charge >= 0.3 is 0 Å². The highest BCUT2D eigenvalue weighted by atomic mass is 79.9. The average molecular weight is 437 g/mol. The Morgan fingerprint density at radius 1 is 0.889 bits per heavy atom.